The van der Waals surface area contributed by atoms with Crippen LogP contribution in [0.3, 0.4) is 0 Å². The second-order valence-electron chi connectivity index (χ2n) is 3.51. The largest absolute Gasteiger partial charge is 0.478 e. The average Bonchev–Trinajstić information content (AvgIpc) is 2.28. The number of hydrogen-bond acceptors (Lipinski definition) is 1. The molecule has 0 unspecified atom stereocenters. The van der Waals surface area contributed by atoms with Crippen molar-refractivity contribution in [1.82, 2.24) is 0 Å². The van der Waals surface area contributed by atoms with Gasteiger partial charge >= 0.3 is 5.97 Å². The Morgan fingerprint density at radius 3 is 2.53 bits per heavy atom. The highest BCUT2D eigenvalue weighted by molar-refractivity contribution is 9.10. The van der Waals surface area contributed by atoms with Crippen molar-refractivity contribution < 1.29 is 14.3 Å². The van der Waals surface area contributed by atoms with Gasteiger partial charge in [-0.1, -0.05) is 34.1 Å². The predicted octanol–water partition coefficient (Wildman–Crippen LogP) is 3.95. The van der Waals surface area contributed by atoms with Gasteiger partial charge in [0.15, 0.2) is 0 Å². The third-order valence-corrected chi connectivity index (χ3v) is 3.02. The van der Waals surface area contributed by atoms with Crippen molar-refractivity contribution in [3.05, 3.63) is 58.3 Å². The Morgan fingerprint density at radius 2 is 1.88 bits per heavy atom. The number of hydrogen-bond donors (Lipinski definition) is 1. The van der Waals surface area contributed by atoms with E-state index >= 15 is 0 Å². The van der Waals surface area contributed by atoms with Crippen LogP contribution < -0.4 is 0 Å². The van der Waals surface area contributed by atoms with Crippen molar-refractivity contribution in [2.75, 3.05) is 0 Å². The van der Waals surface area contributed by atoms with E-state index in [1.54, 1.807) is 6.07 Å². The van der Waals surface area contributed by atoms with Crippen molar-refractivity contribution in [2.45, 2.75) is 0 Å². The van der Waals surface area contributed by atoms with Crippen molar-refractivity contribution in [3.63, 3.8) is 0 Å². The summed E-state index contributed by atoms with van der Waals surface area (Å²) in [7, 11) is 0. The highest BCUT2D eigenvalue weighted by atomic mass is 79.9. The minimum atomic E-state index is -1.14. The van der Waals surface area contributed by atoms with E-state index in [1.807, 2.05) is 18.2 Å². The van der Waals surface area contributed by atoms with Gasteiger partial charge in [-0.2, -0.15) is 0 Å². The van der Waals surface area contributed by atoms with Crippen molar-refractivity contribution in [3.8, 4) is 11.1 Å². The van der Waals surface area contributed by atoms with Gasteiger partial charge in [0.25, 0.3) is 0 Å². The molecule has 4 heteroatoms. The minimum Gasteiger partial charge on any atom is -0.478 e. The van der Waals surface area contributed by atoms with Crippen LogP contribution in [0.2, 0.25) is 0 Å². The Hall–Kier alpha value is -1.68. The molecule has 0 amide bonds. The van der Waals surface area contributed by atoms with Gasteiger partial charge in [0.05, 0.1) is 5.56 Å². The van der Waals surface area contributed by atoms with Gasteiger partial charge < -0.3 is 5.11 Å². The lowest BCUT2D eigenvalue weighted by atomic mass is 10.0. The first-order valence-electron chi connectivity index (χ1n) is 4.87. The topological polar surface area (TPSA) is 37.3 Å². The van der Waals surface area contributed by atoms with E-state index < -0.39 is 11.8 Å². The standard InChI is InChI=1S/C13H8BrFO2/c14-12-4-2-1-3-11(12)8-5-9(13(16)17)7-10(15)6-8/h1-7H,(H,16,17). The van der Waals surface area contributed by atoms with Crippen LogP contribution in [0.25, 0.3) is 11.1 Å². The van der Waals surface area contributed by atoms with Crippen LogP contribution in [-0.4, -0.2) is 11.1 Å². The molecule has 2 rings (SSSR count). The molecule has 2 aromatic carbocycles. The van der Waals surface area contributed by atoms with Crippen LogP contribution in [0.15, 0.2) is 46.9 Å². The van der Waals surface area contributed by atoms with Gasteiger partial charge in [-0.25, -0.2) is 9.18 Å². The molecule has 2 aromatic rings. The maximum atomic E-state index is 13.3. The molecule has 0 heterocycles. The van der Waals surface area contributed by atoms with Gasteiger partial charge in [-0.05, 0) is 35.4 Å². The van der Waals surface area contributed by atoms with Crippen LogP contribution in [0.4, 0.5) is 4.39 Å². The Labute approximate surface area is 106 Å². The second-order valence-corrected chi connectivity index (χ2v) is 4.37. The predicted molar refractivity (Wildman–Crippen MR) is 66.5 cm³/mol. The zero-order chi connectivity index (χ0) is 12.4. The molecule has 86 valence electrons. The molecular formula is C13H8BrFO2. The smallest absolute Gasteiger partial charge is 0.335 e. The minimum absolute atomic E-state index is 0.0595. The van der Waals surface area contributed by atoms with E-state index in [0.29, 0.717) is 5.56 Å². The molecule has 0 saturated carbocycles. The first-order valence-corrected chi connectivity index (χ1v) is 5.66. The lowest BCUT2D eigenvalue weighted by Crippen LogP contribution is -1.97. The third kappa shape index (κ3) is 2.53. The number of carboxylic acid groups (broad SMARTS) is 1. The van der Waals surface area contributed by atoms with Crippen molar-refractivity contribution >= 4 is 21.9 Å². The molecule has 0 aliphatic rings. The van der Waals surface area contributed by atoms with E-state index in [-0.39, 0.29) is 5.56 Å². The summed E-state index contributed by atoms with van der Waals surface area (Å²) in [5, 5.41) is 8.87. The number of rotatable bonds is 2. The Morgan fingerprint density at radius 1 is 1.18 bits per heavy atom. The van der Waals surface area contributed by atoms with Crippen molar-refractivity contribution in [1.29, 1.82) is 0 Å². The SMILES string of the molecule is O=C(O)c1cc(F)cc(-c2ccccc2Br)c1. The molecule has 0 aromatic heterocycles. The molecule has 2 nitrogen and oxygen atoms in total. The van der Waals surface area contributed by atoms with Crippen LogP contribution in [-0.2, 0) is 0 Å². The van der Waals surface area contributed by atoms with E-state index in [4.69, 9.17) is 5.11 Å². The summed E-state index contributed by atoms with van der Waals surface area (Å²) >= 11 is 3.35. The molecule has 0 saturated heterocycles. The summed E-state index contributed by atoms with van der Waals surface area (Å²) in [5.41, 5.74) is 1.24. The fraction of sp³-hybridized carbons (Fsp3) is 0. The molecule has 1 N–H and O–H groups in total. The Balaban J connectivity index is 2.60. The van der Waals surface area contributed by atoms with Crippen LogP contribution in [0, 0.1) is 5.82 Å². The zero-order valence-corrected chi connectivity index (χ0v) is 10.2. The maximum Gasteiger partial charge on any atom is 0.335 e. The second kappa shape index (κ2) is 4.67. The summed E-state index contributed by atoms with van der Waals surface area (Å²) in [4.78, 5) is 10.8. The molecule has 0 bridgehead atoms. The lowest BCUT2D eigenvalue weighted by molar-refractivity contribution is 0.0696. The first-order chi connectivity index (χ1) is 8.08. The summed E-state index contributed by atoms with van der Waals surface area (Å²) in [5.74, 6) is -1.70. The first kappa shape index (κ1) is 11.8. The molecular weight excluding hydrogens is 287 g/mol. The summed E-state index contributed by atoms with van der Waals surface area (Å²) in [6.45, 7) is 0. The van der Waals surface area contributed by atoms with E-state index in [0.717, 1.165) is 16.1 Å². The Bertz CT molecular complexity index is 581. The zero-order valence-electron chi connectivity index (χ0n) is 8.65. The quantitative estimate of drug-likeness (QED) is 0.910. The fourth-order valence-electron chi connectivity index (χ4n) is 1.56. The summed E-state index contributed by atoms with van der Waals surface area (Å²) in [6, 6.07) is 11.0. The number of halogens is 2. The number of carboxylic acids is 1. The summed E-state index contributed by atoms with van der Waals surface area (Å²) in [6.07, 6.45) is 0. The highest BCUT2D eigenvalue weighted by Gasteiger charge is 2.09. The monoisotopic (exact) mass is 294 g/mol. The Kier molecular flexibility index (Phi) is 3.24. The molecule has 17 heavy (non-hydrogen) atoms. The third-order valence-electron chi connectivity index (χ3n) is 2.33. The van der Waals surface area contributed by atoms with Gasteiger partial charge in [-0.15, -0.1) is 0 Å². The molecule has 0 aliphatic carbocycles. The summed E-state index contributed by atoms with van der Waals surface area (Å²) < 4.78 is 14.1. The average molecular weight is 295 g/mol. The highest BCUT2D eigenvalue weighted by Crippen LogP contribution is 2.29. The molecule has 0 fully saturated rings. The van der Waals surface area contributed by atoms with E-state index in [1.165, 1.54) is 12.1 Å². The van der Waals surface area contributed by atoms with Crippen LogP contribution >= 0.6 is 15.9 Å². The fourth-order valence-corrected chi connectivity index (χ4v) is 2.08. The molecule has 0 atom stereocenters. The molecule has 0 spiro atoms. The number of carbonyl (C=O) groups is 1. The van der Waals surface area contributed by atoms with Crippen molar-refractivity contribution in [2.24, 2.45) is 0 Å². The van der Waals surface area contributed by atoms with Gasteiger partial charge in [-0.3, -0.25) is 0 Å². The number of aromatic carboxylic acids is 1. The van der Waals surface area contributed by atoms with Gasteiger partial charge in [0.2, 0.25) is 0 Å². The normalized spacial score (nSPS) is 10.2. The molecule has 0 aliphatic heterocycles. The maximum absolute atomic E-state index is 13.3. The molecule has 0 radical (unpaired) electrons. The van der Waals surface area contributed by atoms with Gasteiger partial charge in [0.1, 0.15) is 5.82 Å². The van der Waals surface area contributed by atoms with Crippen LogP contribution in [0.5, 0.6) is 0 Å². The van der Waals surface area contributed by atoms with E-state index in [9.17, 15) is 9.18 Å². The lowest BCUT2D eigenvalue weighted by Gasteiger charge is -2.06. The number of benzene rings is 2. The van der Waals surface area contributed by atoms with Gasteiger partial charge in [0, 0.05) is 4.47 Å². The van der Waals surface area contributed by atoms with Crippen LogP contribution in [0.1, 0.15) is 10.4 Å². The van der Waals surface area contributed by atoms with E-state index in [2.05, 4.69) is 15.9 Å².